The average molecular weight is 225 g/mol. The summed E-state index contributed by atoms with van der Waals surface area (Å²) in [6.45, 7) is 4.53. The van der Waals surface area contributed by atoms with Crippen LogP contribution in [0.1, 0.15) is 58.3 Å². The van der Waals surface area contributed by atoms with Gasteiger partial charge in [0.05, 0.1) is 6.10 Å². The molecule has 1 N–H and O–H groups in total. The Morgan fingerprint density at radius 3 is 2.56 bits per heavy atom. The third-order valence-electron chi connectivity index (χ3n) is 4.19. The molecule has 2 aliphatic rings. The summed E-state index contributed by atoms with van der Waals surface area (Å²) in [5.41, 5.74) is 0. The van der Waals surface area contributed by atoms with Crippen LogP contribution in [0.25, 0.3) is 0 Å². The number of nitrogens with one attached hydrogen (secondary N) is 1. The van der Waals surface area contributed by atoms with Gasteiger partial charge in [0.1, 0.15) is 0 Å². The summed E-state index contributed by atoms with van der Waals surface area (Å²) in [5.74, 6) is 0.958. The SMILES string of the molecule is CC1CCC(NCCC2CCCCO2)CC1. The van der Waals surface area contributed by atoms with Crippen LogP contribution in [0.5, 0.6) is 0 Å². The maximum absolute atomic E-state index is 5.74. The standard InChI is InChI=1S/C14H27NO/c1-12-5-7-13(8-6-12)15-10-9-14-4-2-3-11-16-14/h12-15H,2-11H2,1H3. The van der Waals surface area contributed by atoms with Crippen molar-refractivity contribution in [3.63, 3.8) is 0 Å². The van der Waals surface area contributed by atoms with Gasteiger partial charge in [0.25, 0.3) is 0 Å². The van der Waals surface area contributed by atoms with Crippen LogP contribution < -0.4 is 5.32 Å². The zero-order chi connectivity index (χ0) is 11.2. The highest BCUT2D eigenvalue weighted by atomic mass is 16.5. The van der Waals surface area contributed by atoms with E-state index in [0.717, 1.165) is 25.1 Å². The predicted octanol–water partition coefficient (Wildman–Crippen LogP) is 3.11. The van der Waals surface area contributed by atoms with E-state index in [1.807, 2.05) is 0 Å². The van der Waals surface area contributed by atoms with Crippen LogP contribution in [0, 0.1) is 5.92 Å². The Labute approximate surface area is 100 Å². The van der Waals surface area contributed by atoms with Crippen LogP contribution in [0.3, 0.4) is 0 Å². The molecular weight excluding hydrogens is 198 g/mol. The molecule has 0 aromatic rings. The highest BCUT2D eigenvalue weighted by Gasteiger charge is 2.18. The van der Waals surface area contributed by atoms with E-state index in [1.165, 1.54) is 51.4 Å². The van der Waals surface area contributed by atoms with Gasteiger partial charge in [-0.1, -0.05) is 6.92 Å². The second-order valence-electron chi connectivity index (χ2n) is 5.69. The first-order valence-electron chi connectivity index (χ1n) is 7.19. The molecule has 2 heteroatoms. The highest BCUT2D eigenvalue weighted by molar-refractivity contribution is 4.76. The first kappa shape index (κ1) is 12.4. The van der Waals surface area contributed by atoms with Crippen molar-refractivity contribution in [1.82, 2.24) is 5.32 Å². The Morgan fingerprint density at radius 2 is 1.88 bits per heavy atom. The summed E-state index contributed by atoms with van der Waals surface area (Å²) in [5, 5.41) is 3.71. The van der Waals surface area contributed by atoms with Gasteiger partial charge in [-0.25, -0.2) is 0 Å². The molecule has 0 spiro atoms. The number of rotatable bonds is 4. The summed E-state index contributed by atoms with van der Waals surface area (Å²) in [6, 6.07) is 0.791. The molecule has 0 radical (unpaired) electrons. The first-order valence-corrected chi connectivity index (χ1v) is 7.19. The van der Waals surface area contributed by atoms with Crippen molar-refractivity contribution in [3.8, 4) is 0 Å². The summed E-state index contributed by atoms with van der Waals surface area (Å²) >= 11 is 0. The zero-order valence-corrected chi connectivity index (χ0v) is 10.7. The normalized spacial score (nSPS) is 36.2. The summed E-state index contributed by atoms with van der Waals surface area (Å²) in [7, 11) is 0. The van der Waals surface area contributed by atoms with Crippen molar-refractivity contribution in [3.05, 3.63) is 0 Å². The van der Waals surface area contributed by atoms with E-state index in [1.54, 1.807) is 0 Å². The molecule has 0 aromatic carbocycles. The minimum absolute atomic E-state index is 0.545. The van der Waals surface area contributed by atoms with Gasteiger partial charge in [0.2, 0.25) is 0 Å². The minimum atomic E-state index is 0.545. The average Bonchev–Trinajstić information content (AvgIpc) is 2.33. The van der Waals surface area contributed by atoms with Gasteiger partial charge in [0, 0.05) is 12.6 Å². The predicted molar refractivity (Wildman–Crippen MR) is 67.6 cm³/mol. The first-order chi connectivity index (χ1) is 7.84. The molecule has 2 rings (SSSR count). The van der Waals surface area contributed by atoms with Gasteiger partial charge in [-0.2, -0.15) is 0 Å². The number of ether oxygens (including phenoxy) is 1. The van der Waals surface area contributed by atoms with Crippen molar-refractivity contribution < 1.29 is 4.74 Å². The van der Waals surface area contributed by atoms with E-state index in [-0.39, 0.29) is 0 Å². The van der Waals surface area contributed by atoms with Gasteiger partial charge in [-0.15, -0.1) is 0 Å². The summed E-state index contributed by atoms with van der Waals surface area (Å²) in [6.07, 6.45) is 11.3. The van der Waals surface area contributed by atoms with Crippen molar-refractivity contribution in [2.75, 3.05) is 13.2 Å². The highest BCUT2D eigenvalue weighted by Crippen LogP contribution is 2.23. The molecule has 1 aliphatic heterocycles. The van der Waals surface area contributed by atoms with E-state index in [2.05, 4.69) is 12.2 Å². The third-order valence-corrected chi connectivity index (χ3v) is 4.19. The maximum Gasteiger partial charge on any atom is 0.0587 e. The molecule has 1 unspecified atom stereocenters. The van der Waals surface area contributed by atoms with E-state index in [0.29, 0.717) is 6.10 Å². The van der Waals surface area contributed by atoms with E-state index >= 15 is 0 Å². The summed E-state index contributed by atoms with van der Waals surface area (Å²) < 4.78 is 5.74. The molecular formula is C14H27NO. The molecule has 1 saturated carbocycles. The molecule has 1 saturated heterocycles. The lowest BCUT2D eigenvalue weighted by atomic mass is 9.87. The molecule has 94 valence electrons. The largest absolute Gasteiger partial charge is 0.378 e. The molecule has 0 bridgehead atoms. The van der Waals surface area contributed by atoms with Gasteiger partial charge in [0.15, 0.2) is 0 Å². The van der Waals surface area contributed by atoms with E-state index < -0.39 is 0 Å². The minimum Gasteiger partial charge on any atom is -0.378 e. The quantitative estimate of drug-likeness (QED) is 0.794. The fourth-order valence-corrected chi connectivity index (χ4v) is 2.95. The monoisotopic (exact) mass is 225 g/mol. The fourth-order valence-electron chi connectivity index (χ4n) is 2.95. The lowest BCUT2D eigenvalue weighted by Crippen LogP contribution is -2.35. The van der Waals surface area contributed by atoms with Gasteiger partial charge in [-0.05, 0) is 63.8 Å². The van der Waals surface area contributed by atoms with E-state index in [4.69, 9.17) is 4.74 Å². The maximum atomic E-state index is 5.74. The second kappa shape index (κ2) is 6.61. The smallest absolute Gasteiger partial charge is 0.0587 e. The molecule has 1 heterocycles. The second-order valence-corrected chi connectivity index (χ2v) is 5.69. The van der Waals surface area contributed by atoms with Crippen LogP contribution in [-0.4, -0.2) is 25.3 Å². The third kappa shape index (κ3) is 4.06. The van der Waals surface area contributed by atoms with Gasteiger partial charge in [-0.3, -0.25) is 0 Å². The Hall–Kier alpha value is -0.0800. The molecule has 0 aromatic heterocycles. The topological polar surface area (TPSA) is 21.3 Å². The van der Waals surface area contributed by atoms with Crippen LogP contribution in [0.4, 0.5) is 0 Å². The Balaban J connectivity index is 1.53. The fraction of sp³-hybridized carbons (Fsp3) is 1.00. The van der Waals surface area contributed by atoms with Gasteiger partial charge < -0.3 is 10.1 Å². The molecule has 2 fully saturated rings. The summed E-state index contributed by atoms with van der Waals surface area (Å²) in [4.78, 5) is 0. The van der Waals surface area contributed by atoms with Crippen molar-refractivity contribution >= 4 is 0 Å². The molecule has 1 aliphatic carbocycles. The van der Waals surface area contributed by atoms with Crippen LogP contribution in [-0.2, 0) is 4.74 Å². The van der Waals surface area contributed by atoms with Crippen LogP contribution in [0.15, 0.2) is 0 Å². The zero-order valence-electron chi connectivity index (χ0n) is 10.7. The van der Waals surface area contributed by atoms with E-state index in [9.17, 15) is 0 Å². The Kier molecular flexibility index (Phi) is 5.11. The lowest BCUT2D eigenvalue weighted by Gasteiger charge is -2.28. The van der Waals surface area contributed by atoms with Crippen LogP contribution >= 0.6 is 0 Å². The Bertz CT molecular complexity index is 181. The van der Waals surface area contributed by atoms with Crippen molar-refractivity contribution in [2.24, 2.45) is 5.92 Å². The Morgan fingerprint density at radius 1 is 1.06 bits per heavy atom. The molecule has 2 nitrogen and oxygen atoms in total. The number of hydrogen-bond acceptors (Lipinski definition) is 2. The molecule has 0 amide bonds. The van der Waals surface area contributed by atoms with Crippen molar-refractivity contribution in [2.45, 2.75) is 70.4 Å². The number of hydrogen-bond donors (Lipinski definition) is 1. The molecule has 16 heavy (non-hydrogen) atoms. The lowest BCUT2D eigenvalue weighted by molar-refractivity contribution is 0.0110. The van der Waals surface area contributed by atoms with Gasteiger partial charge >= 0.3 is 0 Å². The van der Waals surface area contributed by atoms with Crippen molar-refractivity contribution in [1.29, 1.82) is 0 Å². The van der Waals surface area contributed by atoms with Crippen LogP contribution in [0.2, 0.25) is 0 Å². The molecule has 1 atom stereocenters.